The lowest BCUT2D eigenvalue weighted by Gasteiger charge is -2.17. The van der Waals surface area contributed by atoms with Crippen molar-refractivity contribution in [2.75, 3.05) is 30.4 Å². The molecule has 1 aromatic carbocycles. The molecule has 1 rings (SSSR count). The van der Waals surface area contributed by atoms with Crippen molar-refractivity contribution in [3.63, 3.8) is 0 Å². The summed E-state index contributed by atoms with van der Waals surface area (Å²) in [4.78, 5) is 3.75. The number of nitrogens with zero attached hydrogens (tertiary/aromatic N) is 3. The van der Waals surface area contributed by atoms with Crippen molar-refractivity contribution in [1.29, 1.82) is 5.26 Å². The molecule has 3 heteroatoms. The van der Waals surface area contributed by atoms with Gasteiger partial charge in [0.1, 0.15) is 0 Å². The van der Waals surface area contributed by atoms with E-state index in [9.17, 15) is 0 Å². The fourth-order valence-corrected chi connectivity index (χ4v) is 1.39. The molecule has 0 aromatic heterocycles. The van der Waals surface area contributed by atoms with Gasteiger partial charge in [0.15, 0.2) is 6.19 Å². The second-order valence-electron chi connectivity index (χ2n) is 3.66. The summed E-state index contributed by atoms with van der Waals surface area (Å²) in [6.45, 7) is 2.84. The van der Waals surface area contributed by atoms with Gasteiger partial charge in [-0.2, -0.15) is 5.26 Å². The molecule has 0 heterocycles. The topological polar surface area (TPSA) is 30.3 Å². The lowest BCUT2D eigenvalue weighted by atomic mass is 10.2. The molecule has 0 saturated carbocycles. The highest BCUT2D eigenvalue weighted by molar-refractivity contribution is 5.57. The molecule has 0 aliphatic rings. The lowest BCUT2D eigenvalue weighted by Crippen LogP contribution is -2.17. The maximum absolute atomic E-state index is 8.95. The van der Waals surface area contributed by atoms with E-state index >= 15 is 0 Å². The van der Waals surface area contributed by atoms with Crippen LogP contribution in [0.5, 0.6) is 0 Å². The molecular formula is C12H17N3. The molecule has 0 saturated heterocycles. The first-order chi connectivity index (χ1) is 7.19. The predicted molar refractivity (Wildman–Crippen MR) is 64.0 cm³/mol. The number of nitriles is 1. The minimum absolute atomic E-state index is 0.776. The molecule has 3 nitrogen and oxygen atoms in total. The van der Waals surface area contributed by atoms with E-state index in [1.165, 1.54) is 0 Å². The average molecular weight is 203 g/mol. The van der Waals surface area contributed by atoms with Gasteiger partial charge in [0.25, 0.3) is 0 Å². The van der Waals surface area contributed by atoms with Gasteiger partial charge in [-0.15, -0.1) is 0 Å². The largest absolute Gasteiger partial charge is 0.378 e. The van der Waals surface area contributed by atoms with Gasteiger partial charge in [-0.05, 0) is 30.7 Å². The maximum atomic E-state index is 8.95. The van der Waals surface area contributed by atoms with Crippen molar-refractivity contribution in [1.82, 2.24) is 0 Å². The summed E-state index contributed by atoms with van der Waals surface area (Å²) in [5, 5.41) is 8.95. The van der Waals surface area contributed by atoms with Crippen molar-refractivity contribution in [3.8, 4) is 6.19 Å². The molecule has 0 aliphatic carbocycles. The van der Waals surface area contributed by atoms with Crippen LogP contribution in [0.1, 0.15) is 13.3 Å². The summed E-state index contributed by atoms with van der Waals surface area (Å²) >= 11 is 0. The normalized spacial score (nSPS) is 9.47. The lowest BCUT2D eigenvalue weighted by molar-refractivity contribution is 0.887. The van der Waals surface area contributed by atoms with Gasteiger partial charge in [0, 0.05) is 26.3 Å². The van der Waals surface area contributed by atoms with Crippen LogP contribution in [0.3, 0.4) is 0 Å². The molecule has 0 bridgehead atoms. The van der Waals surface area contributed by atoms with E-state index in [0.717, 1.165) is 24.3 Å². The van der Waals surface area contributed by atoms with E-state index in [1.54, 1.807) is 4.90 Å². The van der Waals surface area contributed by atoms with Gasteiger partial charge < -0.3 is 4.90 Å². The maximum Gasteiger partial charge on any atom is 0.184 e. The Balaban J connectivity index is 2.83. The summed E-state index contributed by atoms with van der Waals surface area (Å²) in [6.07, 6.45) is 3.16. The van der Waals surface area contributed by atoms with Crippen LogP contribution in [-0.2, 0) is 0 Å². The number of rotatable bonds is 4. The average Bonchev–Trinajstić information content (AvgIpc) is 2.26. The highest BCUT2D eigenvalue weighted by atomic mass is 15.1. The van der Waals surface area contributed by atoms with Gasteiger partial charge >= 0.3 is 0 Å². The molecule has 0 fully saturated rings. The molecule has 1 aromatic rings. The Kier molecular flexibility index (Phi) is 3.99. The molecule has 0 radical (unpaired) electrons. The fourth-order valence-electron chi connectivity index (χ4n) is 1.39. The summed E-state index contributed by atoms with van der Waals surface area (Å²) in [5.41, 5.74) is 2.11. The number of hydrogen-bond acceptors (Lipinski definition) is 3. The number of hydrogen-bond donors (Lipinski definition) is 0. The highest BCUT2D eigenvalue weighted by Gasteiger charge is 2.03. The zero-order valence-corrected chi connectivity index (χ0v) is 9.57. The third-order valence-corrected chi connectivity index (χ3v) is 2.25. The Morgan fingerprint density at radius 2 is 1.67 bits per heavy atom. The second-order valence-corrected chi connectivity index (χ2v) is 3.66. The molecular weight excluding hydrogens is 186 g/mol. The zero-order valence-electron chi connectivity index (χ0n) is 9.57. The summed E-state index contributed by atoms with van der Waals surface area (Å²) in [6, 6.07) is 8.01. The van der Waals surface area contributed by atoms with E-state index in [-0.39, 0.29) is 0 Å². The van der Waals surface area contributed by atoms with Crippen molar-refractivity contribution < 1.29 is 0 Å². The Morgan fingerprint density at radius 3 is 2.07 bits per heavy atom. The smallest absolute Gasteiger partial charge is 0.184 e. The van der Waals surface area contributed by atoms with Gasteiger partial charge in [0.05, 0.1) is 5.69 Å². The van der Waals surface area contributed by atoms with Crippen molar-refractivity contribution >= 4 is 11.4 Å². The molecule has 0 spiro atoms. The molecule has 0 atom stereocenters. The van der Waals surface area contributed by atoms with Gasteiger partial charge in [0.2, 0.25) is 0 Å². The highest BCUT2D eigenvalue weighted by Crippen LogP contribution is 2.18. The zero-order chi connectivity index (χ0) is 11.3. The van der Waals surface area contributed by atoms with Crippen molar-refractivity contribution in [2.45, 2.75) is 13.3 Å². The van der Waals surface area contributed by atoms with E-state index < -0.39 is 0 Å². The standard InChI is InChI=1S/C12H17N3/c1-4-9-15(10-13)12-7-5-11(6-8-12)14(2)3/h5-8H,4,9H2,1-3H3. The Labute approximate surface area is 91.5 Å². The monoisotopic (exact) mass is 203 g/mol. The Bertz CT molecular complexity index is 335. The SMILES string of the molecule is CCCN(C#N)c1ccc(N(C)C)cc1. The molecule has 80 valence electrons. The van der Waals surface area contributed by atoms with Crippen molar-refractivity contribution in [3.05, 3.63) is 24.3 Å². The van der Waals surface area contributed by atoms with Crippen LogP contribution in [0.25, 0.3) is 0 Å². The predicted octanol–water partition coefficient (Wildman–Crippen LogP) is 2.45. The van der Waals surface area contributed by atoms with Crippen molar-refractivity contribution in [2.24, 2.45) is 0 Å². The summed E-state index contributed by atoms with van der Waals surface area (Å²) in [5.74, 6) is 0. The van der Waals surface area contributed by atoms with Gasteiger partial charge in [-0.1, -0.05) is 6.92 Å². The first-order valence-electron chi connectivity index (χ1n) is 5.13. The van der Waals surface area contributed by atoms with Crippen LogP contribution in [0.15, 0.2) is 24.3 Å². The summed E-state index contributed by atoms with van der Waals surface area (Å²) in [7, 11) is 4.01. The third kappa shape index (κ3) is 2.88. The molecule has 15 heavy (non-hydrogen) atoms. The molecule has 0 amide bonds. The Hall–Kier alpha value is -1.69. The first-order valence-corrected chi connectivity index (χ1v) is 5.13. The van der Waals surface area contributed by atoms with Crippen LogP contribution >= 0.6 is 0 Å². The number of benzene rings is 1. The minimum Gasteiger partial charge on any atom is -0.378 e. The van der Waals surface area contributed by atoms with Crippen LogP contribution in [-0.4, -0.2) is 20.6 Å². The second kappa shape index (κ2) is 5.26. The van der Waals surface area contributed by atoms with E-state index in [0.29, 0.717) is 0 Å². The quantitative estimate of drug-likeness (QED) is 0.556. The van der Waals surface area contributed by atoms with Crippen LogP contribution < -0.4 is 9.80 Å². The van der Waals surface area contributed by atoms with E-state index in [4.69, 9.17) is 5.26 Å². The number of anilines is 2. The van der Waals surface area contributed by atoms with E-state index in [2.05, 4.69) is 13.1 Å². The van der Waals surface area contributed by atoms with E-state index in [1.807, 2.05) is 43.3 Å². The molecule has 0 aliphatic heterocycles. The molecule has 0 unspecified atom stereocenters. The Morgan fingerprint density at radius 1 is 1.13 bits per heavy atom. The fraction of sp³-hybridized carbons (Fsp3) is 0.417. The first kappa shape index (κ1) is 11.4. The summed E-state index contributed by atoms with van der Waals surface area (Å²) < 4.78 is 0. The van der Waals surface area contributed by atoms with Gasteiger partial charge in [-0.25, -0.2) is 0 Å². The van der Waals surface area contributed by atoms with Crippen LogP contribution in [0, 0.1) is 11.5 Å². The van der Waals surface area contributed by atoms with Crippen LogP contribution in [0.4, 0.5) is 11.4 Å². The van der Waals surface area contributed by atoms with Crippen LogP contribution in [0.2, 0.25) is 0 Å². The third-order valence-electron chi connectivity index (χ3n) is 2.25. The minimum atomic E-state index is 0.776. The van der Waals surface area contributed by atoms with Gasteiger partial charge in [-0.3, -0.25) is 4.90 Å². The molecule has 0 N–H and O–H groups in total.